The Morgan fingerprint density at radius 2 is 1.68 bits per heavy atom. The number of aliphatic imine (C=N–C) groups is 1. The van der Waals surface area contributed by atoms with Crippen LogP contribution in [-0.4, -0.2) is 24.2 Å². The Bertz CT molecular complexity index is 952. The normalized spacial score (nSPS) is 17.4. The molecule has 0 aromatic heterocycles. The second kappa shape index (κ2) is 8.28. The first-order valence-corrected chi connectivity index (χ1v) is 9.57. The van der Waals surface area contributed by atoms with Crippen LogP contribution in [0, 0.1) is 6.92 Å². The number of aryl methyl sites for hydroxylation is 1. The van der Waals surface area contributed by atoms with Crippen molar-refractivity contribution in [2.45, 2.75) is 19.4 Å². The van der Waals surface area contributed by atoms with E-state index in [-0.39, 0.29) is 12.6 Å². The van der Waals surface area contributed by atoms with Crippen LogP contribution in [0.4, 0.5) is 11.4 Å². The van der Waals surface area contributed by atoms with E-state index in [9.17, 15) is 0 Å². The maximum Gasteiger partial charge on any atom is 0.119 e. The summed E-state index contributed by atoms with van der Waals surface area (Å²) in [6, 6.07) is 27.0. The summed E-state index contributed by atoms with van der Waals surface area (Å²) < 4.78 is 5.49. The molecule has 0 bridgehead atoms. The fraction of sp³-hybridized carbons (Fsp3) is 0.208. The third kappa shape index (κ3) is 3.78. The molecule has 28 heavy (non-hydrogen) atoms. The second-order valence-electron chi connectivity index (χ2n) is 6.88. The highest BCUT2D eigenvalue weighted by atomic mass is 16.5. The van der Waals surface area contributed by atoms with E-state index in [2.05, 4.69) is 60.4 Å². The van der Waals surface area contributed by atoms with Crippen molar-refractivity contribution in [1.82, 2.24) is 0 Å². The van der Waals surface area contributed by atoms with E-state index < -0.39 is 0 Å². The van der Waals surface area contributed by atoms with Crippen molar-refractivity contribution in [2.75, 3.05) is 18.1 Å². The van der Waals surface area contributed by atoms with Gasteiger partial charge in [-0.3, -0.25) is 0 Å². The third-order valence-electron chi connectivity index (χ3n) is 4.99. The van der Waals surface area contributed by atoms with Gasteiger partial charge in [-0.2, -0.15) is 0 Å². The average Bonchev–Trinajstić information content (AvgIpc) is 2.72. The highest BCUT2D eigenvalue weighted by molar-refractivity contribution is 6.06. The topological polar surface area (TPSA) is 45.1 Å². The Kier molecular flexibility index (Phi) is 5.40. The molecular formula is C24H24N2O2. The van der Waals surface area contributed by atoms with Crippen LogP contribution in [0.5, 0.6) is 5.75 Å². The number of hydrogen-bond acceptors (Lipinski definition) is 3. The van der Waals surface area contributed by atoms with E-state index >= 15 is 0 Å². The smallest absolute Gasteiger partial charge is 0.119 e. The fourth-order valence-corrected chi connectivity index (χ4v) is 3.49. The molecule has 0 radical (unpaired) electrons. The van der Waals surface area contributed by atoms with E-state index in [4.69, 9.17) is 14.8 Å². The molecule has 0 saturated carbocycles. The summed E-state index contributed by atoms with van der Waals surface area (Å²) in [5.74, 6) is 1.82. The molecule has 0 spiro atoms. The lowest BCUT2D eigenvalue weighted by Crippen LogP contribution is -2.46. The number of para-hydroxylation sites is 1. The maximum atomic E-state index is 8.93. The summed E-state index contributed by atoms with van der Waals surface area (Å²) in [5.41, 5.74) is 4.55. The highest BCUT2D eigenvalue weighted by Crippen LogP contribution is 2.41. The molecule has 1 saturated heterocycles. The number of rotatable bonds is 6. The van der Waals surface area contributed by atoms with Crippen LogP contribution in [0.25, 0.3) is 0 Å². The van der Waals surface area contributed by atoms with Crippen molar-refractivity contribution in [1.29, 1.82) is 0 Å². The minimum Gasteiger partial charge on any atom is -0.491 e. The van der Waals surface area contributed by atoms with Gasteiger partial charge < -0.3 is 14.7 Å². The van der Waals surface area contributed by atoms with Gasteiger partial charge in [-0.1, -0.05) is 48.5 Å². The van der Waals surface area contributed by atoms with E-state index in [1.165, 1.54) is 11.1 Å². The van der Waals surface area contributed by atoms with Gasteiger partial charge in [-0.25, -0.2) is 4.99 Å². The van der Waals surface area contributed by atoms with Crippen LogP contribution < -0.4 is 9.64 Å². The molecule has 1 heterocycles. The fourth-order valence-electron chi connectivity index (χ4n) is 3.49. The number of aliphatic hydroxyl groups is 1. The number of aliphatic hydroxyl groups excluding tert-OH is 1. The van der Waals surface area contributed by atoms with Gasteiger partial charge >= 0.3 is 0 Å². The van der Waals surface area contributed by atoms with Gasteiger partial charge in [0.25, 0.3) is 0 Å². The number of ether oxygens (including phenoxy) is 1. The van der Waals surface area contributed by atoms with Crippen molar-refractivity contribution in [3.63, 3.8) is 0 Å². The Morgan fingerprint density at radius 3 is 2.39 bits per heavy atom. The summed E-state index contributed by atoms with van der Waals surface area (Å²) in [6.07, 6.45) is 0.904. The molecule has 3 aromatic carbocycles. The molecule has 1 N–H and O–H groups in total. The first-order chi connectivity index (χ1) is 13.8. The van der Waals surface area contributed by atoms with E-state index in [1.54, 1.807) is 0 Å². The van der Waals surface area contributed by atoms with Crippen LogP contribution in [0.1, 0.15) is 23.6 Å². The molecule has 1 unspecified atom stereocenters. The molecule has 1 fully saturated rings. The number of amidine groups is 1. The third-order valence-corrected chi connectivity index (χ3v) is 4.99. The highest BCUT2D eigenvalue weighted by Gasteiger charge is 2.36. The lowest BCUT2D eigenvalue weighted by atomic mass is 9.92. The van der Waals surface area contributed by atoms with Gasteiger partial charge in [-0.15, -0.1) is 0 Å². The number of anilines is 1. The van der Waals surface area contributed by atoms with Crippen molar-refractivity contribution < 1.29 is 9.84 Å². The predicted octanol–water partition coefficient (Wildman–Crippen LogP) is 5.05. The van der Waals surface area contributed by atoms with Gasteiger partial charge in [0, 0.05) is 12.1 Å². The number of hydrogen-bond donors (Lipinski definition) is 1. The van der Waals surface area contributed by atoms with Crippen LogP contribution in [-0.2, 0) is 0 Å². The average molecular weight is 372 g/mol. The monoisotopic (exact) mass is 372 g/mol. The van der Waals surface area contributed by atoms with E-state index in [1.807, 2.05) is 30.3 Å². The predicted molar refractivity (Wildman–Crippen MR) is 114 cm³/mol. The molecule has 1 atom stereocenters. The maximum absolute atomic E-state index is 8.93. The van der Waals surface area contributed by atoms with Gasteiger partial charge in [0.05, 0.1) is 18.3 Å². The molecule has 142 valence electrons. The van der Waals surface area contributed by atoms with Crippen molar-refractivity contribution in [3.8, 4) is 5.75 Å². The van der Waals surface area contributed by atoms with Crippen molar-refractivity contribution in [2.24, 2.45) is 4.99 Å². The summed E-state index contributed by atoms with van der Waals surface area (Å²) in [4.78, 5) is 7.24. The number of nitrogens with zero attached hydrogens (tertiary/aromatic N) is 2. The van der Waals surface area contributed by atoms with Crippen LogP contribution in [0.2, 0.25) is 0 Å². The SMILES string of the molecule is Cc1ccccc1/N=C1\CC(c2ccccc2)N1c1ccc(OCCO)cc1. The number of benzene rings is 3. The van der Waals surface area contributed by atoms with Gasteiger partial charge in [0.2, 0.25) is 0 Å². The molecular weight excluding hydrogens is 348 g/mol. The van der Waals surface area contributed by atoms with E-state index in [0.29, 0.717) is 6.61 Å². The van der Waals surface area contributed by atoms with Crippen LogP contribution in [0.15, 0.2) is 83.9 Å². The molecule has 0 amide bonds. The Labute approximate surface area is 165 Å². The summed E-state index contributed by atoms with van der Waals surface area (Å²) in [7, 11) is 0. The molecule has 1 aliphatic rings. The molecule has 4 heteroatoms. The standard InChI is InChI=1S/C24H24N2O2/c1-18-7-5-6-10-22(18)25-24-17-23(19-8-3-2-4-9-19)26(24)20-11-13-21(14-12-20)28-16-15-27/h2-14,23,27H,15-17H2,1H3/b25-24+. The molecule has 0 aliphatic carbocycles. The van der Waals surface area contributed by atoms with Gasteiger partial charge in [-0.05, 0) is 48.4 Å². The van der Waals surface area contributed by atoms with Crippen LogP contribution >= 0.6 is 0 Å². The largest absolute Gasteiger partial charge is 0.491 e. The minimum absolute atomic E-state index is 0.0111. The first kappa shape index (κ1) is 18.3. The first-order valence-electron chi connectivity index (χ1n) is 9.57. The molecule has 3 aromatic rings. The zero-order valence-corrected chi connectivity index (χ0v) is 16.0. The molecule has 4 nitrogen and oxygen atoms in total. The Balaban J connectivity index is 1.66. The Hall–Kier alpha value is -3.11. The lowest BCUT2D eigenvalue weighted by Gasteiger charge is -2.44. The Morgan fingerprint density at radius 1 is 0.964 bits per heavy atom. The molecule has 1 aliphatic heterocycles. The quantitative estimate of drug-likeness (QED) is 0.659. The van der Waals surface area contributed by atoms with Crippen molar-refractivity contribution in [3.05, 3.63) is 90.0 Å². The van der Waals surface area contributed by atoms with Crippen molar-refractivity contribution >= 4 is 17.2 Å². The van der Waals surface area contributed by atoms with E-state index in [0.717, 1.165) is 29.4 Å². The second-order valence-corrected chi connectivity index (χ2v) is 6.88. The molecule has 4 rings (SSSR count). The van der Waals surface area contributed by atoms with Gasteiger partial charge in [0.1, 0.15) is 18.2 Å². The van der Waals surface area contributed by atoms with Gasteiger partial charge in [0.15, 0.2) is 0 Å². The zero-order chi connectivity index (χ0) is 19.3. The van der Waals surface area contributed by atoms with Crippen LogP contribution in [0.3, 0.4) is 0 Å². The summed E-state index contributed by atoms with van der Waals surface area (Å²) in [6.45, 7) is 2.40. The summed E-state index contributed by atoms with van der Waals surface area (Å²) in [5, 5.41) is 8.93. The zero-order valence-electron chi connectivity index (χ0n) is 16.0. The summed E-state index contributed by atoms with van der Waals surface area (Å²) >= 11 is 0. The lowest BCUT2D eigenvalue weighted by molar-refractivity contribution is 0.201. The minimum atomic E-state index is 0.0111.